The van der Waals surface area contributed by atoms with Gasteiger partial charge in [0.1, 0.15) is 0 Å². The van der Waals surface area contributed by atoms with Gasteiger partial charge in [0.15, 0.2) is 5.54 Å². The van der Waals surface area contributed by atoms with Crippen molar-refractivity contribution in [2.75, 3.05) is 18.5 Å². The summed E-state index contributed by atoms with van der Waals surface area (Å²) in [5, 5.41) is 4.75. The van der Waals surface area contributed by atoms with Gasteiger partial charge in [-0.05, 0) is 24.1 Å². The van der Waals surface area contributed by atoms with E-state index in [4.69, 9.17) is 0 Å². The lowest BCUT2D eigenvalue weighted by molar-refractivity contribution is -0.122. The number of para-hydroxylation sites is 2. The molecule has 1 atom stereocenters. The van der Waals surface area contributed by atoms with Gasteiger partial charge in [-0.2, -0.15) is 0 Å². The van der Waals surface area contributed by atoms with Gasteiger partial charge in [-0.3, -0.25) is 10.1 Å². The van der Waals surface area contributed by atoms with Crippen LogP contribution in [0.25, 0.3) is 10.9 Å². The summed E-state index contributed by atoms with van der Waals surface area (Å²) >= 11 is 0. The highest BCUT2D eigenvalue weighted by Crippen LogP contribution is 2.47. The summed E-state index contributed by atoms with van der Waals surface area (Å²) in [5.74, 6) is 0.0891. The van der Waals surface area contributed by atoms with E-state index < -0.39 is 5.54 Å². The number of rotatable bonds is 0. The molecule has 0 saturated carbocycles. The fourth-order valence-corrected chi connectivity index (χ4v) is 4.22. The van der Waals surface area contributed by atoms with Crippen molar-refractivity contribution in [3.05, 3.63) is 65.4 Å². The zero-order chi connectivity index (χ0) is 15.6. The highest BCUT2D eigenvalue weighted by molar-refractivity contribution is 6.10. The van der Waals surface area contributed by atoms with Crippen LogP contribution in [0.15, 0.2) is 48.5 Å². The number of aromatic amines is 1. The molecule has 0 unspecified atom stereocenters. The molecule has 23 heavy (non-hydrogen) atoms. The maximum Gasteiger partial charge on any atom is 0.257 e. The van der Waals surface area contributed by atoms with Crippen molar-refractivity contribution in [2.45, 2.75) is 12.0 Å². The van der Waals surface area contributed by atoms with E-state index in [1.807, 2.05) is 31.3 Å². The van der Waals surface area contributed by atoms with E-state index in [0.29, 0.717) is 0 Å². The van der Waals surface area contributed by atoms with Crippen molar-refractivity contribution in [3.63, 3.8) is 0 Å². The largest absolute Gasteiger partial charge is 0.356 e. The third-order valence-corrected chi connectivity index (χ3v) is 5.25. The molecule has 0 bridgehead atoms. The Morgan fingerprint density at radius 3 is 2.78 bits per heavy atom. The molecule has 0 aliphatic carbocycles. The molecule has 3 heterocycles. The third-order valence-electron chi connectivity index (χ3n) is 5.25. The lowest BCUT2D eigenvalue weighted by Gasteiger charge is -2.33. The minimum atomic E-state index is -0.780. The molecule has 0 saturated heterocycles. The maximum absolute atomic E-state index is 13.2. The van der Waals surface area contributed by atoms with Crippen LogP contribution >= 0.6 is 0 Å². The molecule has 2 aliphatic heterocycles. The number of carbonyl (C=O) groups is 1. The smallest absolute Gasteiger partial charge is 0.257 e. The Hall–Kier alpha value is -2.59. The molecular formula is C19H17N3O. The Labute approximate surface area is 134 Å². The summed E-state index contributed by atoms with van der Waals surface area (Å²) in [6, 6.07) is 16.4. The van der Waals surface area contributed by atoms with E-state index in [-0.39, 0.29) is 5.91 Å². The molecule has 2 aromatic carbocycles. The van der Waals surface area contributed by atoms with Crippen LogP contribution in [-0.4, -0.2) is 24.5 Å². The predicted octanol–water partition coefficient (Wildman–Crippen LogP) is 2.53. The van der Waals surface area contributed by atoms with Gasteiger partial charge in [0.05, 0.1) is 5.69 Å². The predicted molar refractivity (Wildman–Crippen MR) is 90.6 cm³/mol. The Balaban J connectivity index is 1.88. The summed E-state index contributed by atoms with van der Waals surface area (Å²) in [4.78, 5) is 18.5. The van der Waals surface area contributed by atoms with Crippen molar-refractivity contribution in [3.8, 4) is 0 Å². The van der Waals surface area contributed by atoms with Crippen LogP contribution in [0, 0.1) is 0 Å². The second-order valence-electron chi connectivity index (χ2n) is 6.33. The highest BCUT2D eigenvalue weighted by atomic mass is 16.2. The average Bonchev–Trinajstić information content (AvgIpc) is 3.08. The Morgan fingerprint density at radius 2 is 1.87 bits per heavy atom. The fourth-order valence-electron chi connectivity index (χ4n) is 4.22. The van der Waals surface area contributed by atoms with Crippen LogP contribution < -0.4 is 10.2 Å². The topological polar surface area (TPSA) is 48.1 Å². The first-order chi connectivity index (χ1) is 11.2. The Kier molecular flexibility index (Phi) is 2.38. The van der Waals surface area contributed by atoms with Crippen LogP contribution in [0.5, 0.6) is 0 Å². The van der Waals surface area contributed by atoms with Crippen LogP contribution in [0.2, 0.25) is 0 Å². The molecule has 3 aromatic rings. The van der Waals surface area contributed by atoms with Crippen LogP contribution in [-0.2, 0) is 16.8 Å². The van der Waals surface area contributed by atoms with Gasteiger partial charge in [-0.15, -0.1) is 0 Å². The van der Waals surface area contributed by atoms with Crippen molar-refractivity contribution >= 4 is 22.5 Å². The quantitative estimate of drug-likeness (QED) is 0.670. The second-order valence-corrected chi connectivity index (χ2v) is 6.33. The van der Waals surface area contributed by atoms with Crippen LogP contribution in [0.1, 0.15) is 16.8 Å². The molecule has 4 nitrogen and oxygen atoms in total. The average molecular weight is 303 g/mol. The minimum Gasteiger partial charge on any atom is -0.356 e. The SMILES string of the molecule is CN1C(=O)[C@@]2(NCCc3c2[nH]c2ccccc32)c2ccccc21. The fraction of sp³-hybridized carbons (Fsp3) is 0.211. The number of aromatic nitrogens is 1. The van der Waals surface area contributed by atoms with Crippen molar-refractivity contribution in [1.29, 1.82) is 0 Å². The summed E-state index contributed by atoms with van der Waals surface area (Å²) < 4.78 is 0. The molecule has 5 rings (SSSR count). The van der Waals surface area contributed by atoms with Gasteiger partial charge in [0, 0.05) is 35.7 Å². The zero-order valence-electron chi connectivity index (χ0n) is 12.9. The first-order valence-corrected chi connectivity index (χ1v) is 7.96. The number of amides is 1. The van der Waals surface area contributed by atoms with Gasteiger partial charge >= 0.3 is 0 Å². The van der Waals surface area contributed by atoms with E-state index in [1.165, 1.54) is 10.9 Å². The number of fused-ring (bicyclic) bond motifs is 6. The number of likely N-dealkylation sites (N-methyl/N-ethyl adjacent to an activating group) is 1. The second kappa shape index (κ2) is 4.24. The minimum absolute atomic E-state index is 0.0891. The number of nitrogens with zero attached hydrogens (tertiary/aromatic N) is 1. The number of carbonyl (C=O) groups excluding carboxylic acids is 1. The van der Waals surface area contributed by atoms with Gasteiger partial charge in [0.25, 0.3) is 5.91 Å². The van der Waals surface area contributed by atoms with E-state index >= 15 is 0 Å². The number of hydrogen-bond donors (Lipinski definition) is 2. The summed E-state index contributed by atoms with van der Waals surface area (Å²) in [5.41, 5.74) is 4.61. The van der Waals surface area contributed by atoms with Crippen molar-refractivity contribution < 1.29 is 4.79 Å². The first kappa shape index (κ1) is 12.9. The molecule has 0 fully saturated rings. The van der Waals surface area contributed by atoms with Crippen molar-refractivity contribution in [2.24, 2.45) is 0 Å². The van der Waals surface area contributed by atoms with E-state index in [9.17, 15) is 4.79 Å². The summed E-state index contributed by atoms with van der Waals surface area (Å²) in [6.07, 6.45) is 0.931. The molecule has 4 heteroatoms. The lowest BCUT2D eigenvalue weighted by Crippen LogP contribution is -2.54. The molecule has 2 N–H and O–H groups in total. The number of hydrogen-bond acceptors (Lipinski definition) is 2. The van der Waals surface area contributed by atoms with Gasteiger partial charge < -0.3 is 9.88 Å². The first-order valence-electron chi connectivity index (χ1n) is 7.96. The molecule has 114 valence electrons. The molecule has 2 aliphatic rings. The summed E-state index contributed by atoms with van der Waals surface area (Å²) in [7, 11) is 1.86. The number of nitrogens with one attached hydrogen (secondary N) is 2. The Bertz CT molecular complexity index is 958. The molecular weight excluding hydrogens is 286 g/mol. The zero-order valence-corrected chi connectivity index (χ0v) is 12.9. The maximum atomic E-state index is 13.2. The van der Waals surface area contributed by atoms with Gasteiger partial charge in [0.2, 0.25) is 0 Å². The lowest BCUT2D eigenvalue weighted by atomic mass is 9.82. The number of benzene rings is 2. The normalized spacial score (nSPS) is 22.7. The highest BCUT2D eigenvalue weighted by Gasteiger charge is 2.54. The van der Waals surface area contributed by atoms with Crippen molar-refractivity contribution in [1.82, 2.24) is 10.3 Å². The van der Waals surface area contributed by atoms with Gasteiger partial charge in [-0.1, -0.05) is 36.4 Å². The van der Waals surface area contributed by atoms with E-state index in [1.54, 1.807) is 4.90 Å². The molecule has 0 radical (unpaired) electrons. The van der Waals surface area contributed by atoms with Crippen LogP contribution in [0.4, 0.5) is 5.69 Å². The standard InChI is InChI=1S/C19H17N3O/c1-22-16-9-5-3-7-14(16)19(18(22)23)17-13(10-11-20-19)12-6-2-4-8-15(12)21-17/h2-9,20-21H,10-11H2,1H3/t19-/m1/s1. The monoisotopic (exact) mass is 303 g/mol. The van der Waals surface area contributed by atoms with Gasteiger partial charge in [-0.25, -0.2) is 0 Å². The van der Waals surface area contributed by atoms with Crippen LogP contribution in [0.3, 0.4) is 0 Å². The number of H-pyrrole nitrogens is 1. The van der Waals surface area contributed by atoms with E-state index in [0.717, 1.165) is 35.4 Å². The Morgan fingerprint density at radius 1 is 1.09 bits per heavy atom. The molecule has 1 aromatic heterocycles. The molecule has 1 spiro atoms. The van der Waals surface area contributed by atoms with E-state index in [2.05, 4.69) is 34.6 Å². The molecule has 1 amide bonds. The number of anilines is 1. The summed E-state index contributed by atoms with van der Waals surface area (Å²) in [6.45, 7) is 0.794. The third kappa shape index (κ3) is 1.42.